The molecule has 228 valence electrons. The number of anilines is 1. The van der Waals surface area contributed by atoms with Crippen molar-refractivity contribution in [1.82, 2.24) is 34.9 Å². The fourth-order valence-corrected chi connectivity index (χ4v) is 4.90. The molecule has 3 N–H and O–H groups in total. The molecule has 0 atom stereocenters. The predicted molar refractivity (Wildman–Crippen MR) is 182 cm³/mol. The van der Waals surface area contributed by atoms with Crippen molar-refractivity contribution < 1.29 is 0 Å². The first-order valence-electron chi connectivity index (χ1n) is 15.6. The van der Waals surface area contributed by atoms with Gasteiger partial charge in [0.05, 0.1) is 11.3 Å². The van der Waals surface area contributed by atoms with Gasteiger partial charge in [-0.05, 0) is 49.0 Å². The van der Waals surface area contributed by atoms with Crippen molar-refractivity contribution in [2.24, 2.45) is 0 Å². The van der Waals surface area contributed by atoms with Gasteiger partial charge in [0, 0.05) is 50.2 Å². The molecule has 0 radical (unpaired) electrons. The van der Waals surface area contributed by atoms with Gasteiger partial charge in [-0.1, -0.05) is 84.0 Å². The van der Waals surface area contributed by atoms with Crippen molar-refractivity contribution in [3.8, 4) is 28.3 Å². The zero-order chi connectivity index (χ0) is 31.2. The molecule has 0 bridgehead atoms. The minimum absolute atomic E-state index is 0.444. The Morgan fingerprint density at radius 2 is 1.42 bits per heavy atom. The van der Waals surface area contributed by atoms with Crippen LogP contribution in [0, 0.1) is 0 Å². The van der Waals surface area contributed by atoms with Gasteiger partial charge in [0.1, 0.15) is 11.3 Å². The lowest BCUT2D eigenvalue weighted by molar-refractivity contribution is 0.0947. The van der Waals surface area contributed by atoms with Crippen molar-refractivity contribution in [3.63, 3.8) is 0 Å². The van der Waals surface area contributed by atoms with Crippen LogP contribution in [0.25, 0.3) is 39.5 Å². The number of nitrogens with zero attached hydrogens (tertiary/aromatic N) is 6. The van der Waals surface area contributed by atoms with Crippen LogP contribution in [0.3, 0.4) is 0 Å². The second-order valence-electron chi connectivity index (χ2n) is 9.27. The molecule has 8 nitrogen and oxygen atoms in total. The van der Waals surface area contributed by atoms with Crippen LogP contribution >= 0.6 is 0 Å². The molecule has 0 amide bonds. The number of aromatic nitrogens is 4. The van der Waals surface area contributed by atoms with Crippen LogP contribution in [0.1, 0.15) is 47.1 Å². The van der Waals surface area contributed by atoms with E-state index in [4.69, 9.17) is 15.7 Å². The molecule has 8 heteroatoms. The topological polar surface area (TPSA) is 88.1 Å². The van der Waals surface area contributed by atoms with Crippen molar-refractivity contribution in [2.45, 2.75) is 48.1 Å². The molecular weight excluding hydrogens is 532 g/mol. The van der Waals surface area contributed by atoms with Gasteiger partial charge in [-0.2, -0.15) is 0 Å². The van der Waals surface area contributed by atoms with Gasteiger partial charge in [-0.3, -0.25) is 14.9 Å². The Morgan fingerprint density at radius 1 is 0.744 bits per heavy atom. The van der Waals surface area contributed by atoms with Crippen molar-refractivity contribution in [3.05, 3.63) is 90.6 Å². The van der Waals surface area contributed by atoms with E-state index in [0.29, 0.717) is 5.82 Å². The smallest absolute Gasteiger partial charge is 0.165 e. The summed E-state index contributed by atoms with van der Waals surface area (Å²) in [5, 5.41) is 2.26. The highest BCUT2D eigenvalue weighted by atomic mass is 15.5. The molecule has 0 spiro atoms. The van der Waals surface area contributed by atoms with Crippen molar-refractivity contribution in [1.29, 1.82) is 0 Å². The second kappa shape index (κ2) is 17.1. The van der Waals surface area contributed by atoms with E-state index in [1.165, 1.54) is 5.56 Å². The molecular formula is C35H48N8. The molecule has 1 aliphatic heterocycles. The molecule has 43 heavy (non-hydrogen) atoms. The minimum atomic E-state index is 0.444. The summed E-state index contributed by atoms with van der Waals surface area (Å²) in [7, 11) is 1.99. The number of hydrogen-bond donors (Lipinski definition) is 2. The van der Waals surface area contributed by atoms with Crippen molar-refractivity contribution in [2.75, 3.05) is 39.0 Å². The number of benzene rings is 2. The Hall–Kier alpha value is -4.11. The number of piperazine rings is 1. The summed E-state index contributed by atoms with van der Waals surface area (Å²) in [6.45, 7) is 17.1. The summed E-state index contributed by atoms with van der Waals surface area (Å²) in [6, 6.07) is 26.8. The lowest BCUT2D eigenvalue weighted by atomic mass is 10.1. The van der Waals surface area contributed by atoms with Gasteiger partial charge in [0.2, 0.25) is 0 Å². The quantitative estimate of drug-likeness (QED) is 0.222. The van der Waals surface area contributed by atoms with Crippen LogP contribution < -0.4 is 11.2 Å². The number of fused-ring (bicyclic) bond motifs is 1. The monoisotopic (exact) mass is 580 g/mol. The number of nitrogens with two attached hydrogens (primary N) is 1. The molecule has 1 fully saturated rings. The number of nitrogen functional groups attached to an aromatic ring is 1. The summed E-state index contributed by atoms with van der Waals surface area (Å²) >= 11 is 0. The third kappa shape index (κ3) is 8.04. The Bertz CT molecular complexity index is 1500. The Balaban J connectivity index is 0.000000796. The molecule has 0 aliphatic carbocycles. The van der Waals surface area contributed by atoms with E-state index in [9.17, 15) is 0 Å². The van der Waals surface area contributed by atoms with Gasteiger partial charge < -0.3 is 5.73 Å². The summed E-state index contributed by atoms with van der Waals surface area (Å²) in [4.78, 5) is 16.8. The fourth-order valence-electron chi connectivity index (χ4n) is 4.90. The second-order valence-corrected chi connectivity index (χ2v) is 9.27. The van der Waals surface area contributed by atoms with Crippen LogP contribution in [-0.4, -0.2) is 62.7 Å². The molecule has 1 saturated heterocycles. The number of imidazole rings is 1. The first kappa shape index (κ1) is 33.4. The van der Waals surface area contributed by atoms with E-state index in [-0.39, 0.29) is 0 Å². The fraction of sp³-hybridized carbons (Fsp3) is 0.343. The summed E-state index contributed by atoms with van der Waals surface area (Å²) in [6.07, 6.45) is 1.70. The SMILES string of the molecule is CC.CC.CC.CNN1CCN(Cc2ccc(-n3c(-c4cccnc4N)nc4ccc(-c5ccccc5)nc43)cc2)CC1. The highest BCUT2D eigenvalue weighted by Crippen LogP contribution is 2.31. The summed E-state index contributed by atoms with van der Waals surface area (Å²) in [5.41, 5.74) is 16.2. The van der Waals surface area contributed by atoms with E-state index in [1.54, 1.807) is 6.20 Å². The van der Waals surface area contributed by atoms with Crippen LogP contribution in [0.4, 0.5) is 5.82 Å². The highest BCUT2D eigenvalue weighted by Gasteiger charge is 2.19. The Labute approximate surface area is 257 Å². The van der Waals surface area contributed by atoms with Gasteiger partial charge in [-0.25, -0.2) is 20.0 Å². The maximum Gasteiger partial charge on any atom is 0.165 e. The minimum Gasteiger partial charge on any atom is -0.383 e. The van der Waals surface area contributed by atoms with Crippen LogP contribution in [0.5, 0.6) is 0 Å². The van der Waals surface area contributed by atoms with E-state index >= 15 is 0 Å². The molecule has 0 unspecified atom stereocenters. The number of rotatable bonds is 6. The van der Waals surface area contributed by atoms with Crippen molar-refractivity contribution >= 4 is 17.0 Å². The Morgan fingerprint density at radius 3 is 2.05 bits per heavy atom. The van der Waals surface area contributed by atoms with Gasteiger partial charge in [0.15, 0.2) is 11.5 Å². The van der Waals surface area contributed by atoms with E-state index in [1.807, 2.05) is 91.1 Å². The Kier molecular flexibility index (Phi) is 13.3. The first-order valence-corrected chi connectivity index (χ1v) is 15.6. The molecule has 5 aromatic rings. The molecule has 6 rings (SSSR count). The predicted octanol–water partition coefficient (Wildman–Crippen LogP) is 7.06. The molecule has 1 aliphatic rings. The standard InChI is InChI=1S/C29H30N8.3C2H6/c1-31-36-18-16-35(17-19-36)20-21-9-11-23(12-10-21)37-28(24-8-5-15-32-27(24)30)34-26-14-13-25(33-29(26)37)22-6-3-2-4-7-22;3*1-2/h2-15,31H,16-20H2,1H3,(H2,30,32);3*1-2H3. The lowest BCUT2D eigenvalue weighted by Gasteiger charge is -2.34. The maximum atomic E-state index is 6.29. The third-order valence-electron chi connectivity index (χ3n) is 6.94. The van der Waals surface area contributed by atoms with E-state index < -0.39 is 0 Å². The summed E-state index contributed by atoms with van der Waals surface area (Å²) < 4.78 is 2.09. The van der Waals surface area contributed by atoms with E-state index in [0.717, 1.165) is 72.2 Å². The maximum absolute atomic E-state index is 6.29. The average Bonchev–Trinajstić information content (AvgIpc) is 3.47. The normalized spacial score (nSPS) is 13.2. The number of pyridine rings is 2. The lowest BCUT2D eigenvalue weighted by Crippen LogP contribution is -2.50. The van der Waals surface area contributed by atoms with Crippen LogP contribution in [0.2, 0.25) is 0 Å². The zero-order valence-corrected chi connectivity index (χ0v) is 26.9. The molecule has 4 heterocycles. The number of nitrogens with one attached hydrogen (secondary N) is 1. The van der Waals surface area contributed by atoms with Crippen LogP contribution in [-0.2, 0) is 6.54 Å². The average molecular weight is 581 g/mol. The highest BCUT2D eigenvalue weighted by molar-refractivity contribution is 5.84. The van der Waals surface area contributed by atoms with Crippen LogP contribution in [0.15, 0.2) is 85.1 Å². The third-order valence-corrected chi connectivity index (χ3v) is 6.94. The molecule has 3 aromatic heterocycles. The van der Waals surface area contributed by atoms with Gasteiger partial charge >= 0.3 is 0 Å². The number of hydrogen-bond acceptors (Lipinski definition) is 7. The van der Waals surface area contributed by atoms with Gasteiger partial charge in [-0.15, -0.1) is 0 Å². The zero-order valence-electron chi connectivity index (χ0n) is 26.9. The van der Waals surface area contributed by atoms with E-state index in [2.05, 4.69) is 61.3 Å². The molecule has 2 aromatic carbocycles. The molecule has 0 saturated carbocycles. The summed E-state index contributed by atoms with van der Waals surface area (Å²) in [5.74, 6) is 1.17. The first-order chi connectivity index (χ1) is 21.2. The van der Waals surface area contributed by atoms with Gasteiger partial charge in [0.25, 0.3) is 0 Å². The number of hydrazine groups is 1. The largest absolute Gasteiger partial charge is 0.383 e.